The fraction of sp³-hybridized carbons (Fsp3) is 0.636. The Bertz CT molecular complexity index is 491. The van der Waals surface area contributed by atoms with Gasteiger partial charge in [-0.25, -0.2) is 9.59 Å². The molecule has 2 aliphatic rings. The molecule has 6 nitrogen and oxygen atoms in total. The molecule has 0 N–H and O–H groups in total. The zero-order chi connectivity index (χ0) is 20.2. The van der Waals surface area contributed by atoms with Gasteiger partial charge in [0.1, 0.15) is 12.2 Å². The maximum Gasteiger partial charge on any atom is 0.331 e. The molecule has 0 atom stereocenters. The van der Waals surface area contributed by atoms with E-state index in [1.54, 1.807) is 12.2 Å². The average molecular weight is 392 g/mol. The second-order valence-corrected chi connectivity index (χ2v) is 7.25. The molecule has 0 aliphatic heterocycles. The van der Waals surface area contributed by atoms with Gasteiger partial charge in [-0.3, -0.25) is 0 Å². The van der Waals surface area contributed by atoms with Gasteiger partial charge in [0.05, 0.1) is 25.4 Å². The summed E-state index contributed by atoms with van der Waals surface area (Å²) < 4.78 is 22.0. The molecule has 0 amide bonds. The smallest absolute Gasteiger partial charge is 0.331 e. The van der Waals surface area contributed by atoms with Crippen LogP contribution in [0.1, 0.15) is 51.4 Å². The quantitative estimate of drug-likeness (QED) is 0.321. The Balaban J connectivity index is 1.61. The monoisotopic (exact) mass is 392 g/mol. The van der Waals surface area contributed by atoms with Gasteiger partial charge in [0.2, 0.25) is 0 Å². The highest BCUT2D eigenvalue weighted by Crippen LogP contribution is 2.24. The van der Waals surface area contributed by atoms with Gasteiger partial charge in [0, 0.05) is 12.2 Å². The zero-order valence-corrected chi connectivity index (χ0v) is 16.6. The number of carbonyl (C=O) groups excluding carboxylic acids is 2. The molecule has 0 radical (unpaired) electrons. The Morgan fingerprint density at radius 1 is 0.643 bits per heavy atom. The molecular weight excluding hydrogens is 360 g/mol. The van der Waals surface area contributed by atoms with Crippen molar-refractivity contribution in [2.75, 3.05) is 13.2 Å². The van der Waals surface area contributed by atoms with Crippen LogP contribution in [0.2, 0.25) is 0 Å². The minimum absolute atomic E-state index is 0.123. The number of hydrogen-bond donors (Lipinski definition) is 0. The first-order valence-electron chi connectivity index (χ1n) is 10.1. The maximum absolute atomic E-state index is 11.9. The normalized spacial score (nSPS) is 27.9. The summed E-state index contributed by atoms with van der Waals surface area (Å²) in [5.74, 6) is -1.01. The molecule has 0 saturated heterocycles. The lowest BCUT2D eigenvalue weighted by Gasteiger charge is -2.28. The van der Waals surface area contributed by atoms with Crippen LogP contribution >= 0.6 is 0 Å². The summed E-state index contributed by atoms with van der Waals surface area (Å²) in [6.07, 6.45) is 12.4. The number of ether oxygens (including phenoxy) is 4. The van der Waals surface area contributed by atoms with Crippen LogP contribution < -0.4 is 0 Å². The minimum Gasteiger partial charge on any atom is -0.459 e. The first-order chi connectivity index (χ1) is 13.6. The summed E-state index contributed by atoms with van der Waals surface area (Å²) in [7, 11) is 0. The van der Waals surface area contributed by atoms with E-state index in [1.165, 1.54) is 0 Å². The summed E-state index contributed by atoms with van der Waals surface area (Å²) in [5, 5.41) is 0. The zero-order valence-electron chi connectivity index (χ0n) is 16.6. The molecule has 0 aromatic heterocycles. The molecule has 2 saturated carbocycles. The Labute approximate surface area is 167 Å². The van der Waals surface area contributed by atoms with E-state index in [0.717, 1.165) is 63.5 Å². The Hall–Kier alpha value is -1.92. The van der Waals surface area contributed by atoms with Crippen molar-refractivity contribution in [3.8, 4) is 0 Å². The van der Waals surface area contributed by atoms with Crippen molar-refractivity contribution < 1.29 is 28.5 Å². The summed E-state index contributed by atoms with van der Waals surface area (Å²) >= 11 is 0. The lowest BCUT2D eigenvalue weighted by Crippen LogP contribution is -2.28. The van der Waals surface area contributed by atoms with E-state index in [9.17, 15) is 9.59 Å². The Morgan fingerprint density at radius 3 is 1.29 bits per heavy atom. The van der Waals surface area contributed by atoms with E-state index < -0.39 is 11.9 Å². The molecule has 0 spiro atoms. The van der Waals surface area contributed by atoms with Crippen molar-refractivity contribution in [1.82, 2.24) is 0 Å². The van der Waals surface area contributed by atoms with Crippen LogP contribution in [0.25, 0.3) is 0 Å². The van der Waals surface area contributed by atoms with E-state index >= 15 is 0 Å². The highest BCUT2D eigenvalue weighted by molar-refractivity contribution is 5.91. The minimum atomic E-state index is -0.506. The van der Waals surface area contributed by atoms with E-state index in [-0.39, 0.29) is 24.4 Å². The third-order valence-corrected chi connectivity index (χ3v) is 5.06. The highest BCUT2D eigenvalue weighted by Gasteiger charge is 2.25. The first-order valence-corrected chi connectivity index (χ1v) is 10.1. The molecule has 2 rings (SSSR count). The van der Waals surface area contributed by atoms with Crippen LogP contribution in [0, 0.1) is 0 Å². The number of esters is 2. The van der Waals surface area contributed by atoms with Crippen LogP contribution in [0.3, 0.4) is 0 Å². The molecule has 2 aliphatic carbocycles. The van der Waals surface area contributed by atoms with Gasteiger partial charge >= 0.3 is 11.9 Å². The number of hydrogen-bond acceptors (Lipinski definition) is 6. The largest absolute Gasteiger partial charge is 0.459 e. The molecule has 156 valence electrons. The molecule has 6 heteroatoms. The van der Waals surface area contributed by atoms with Crippen molar-refractivity contribution >= 4 is 11.9 Å². The maximum atomic E-state index is 11.9. The van der Waals surface area contributed by atoms with Crippen molar-refractivity contribution in [1.29, 1.82) is 0 Å². The van der Waals surface area contributed by atoms with Crippen LogP contribution in [0.4, 0.5) is 0 Å². The van der Waals surface area contributed by atoms with Gasteiger partial charge in [0.15, 0.2) is 0 Å². The van der Waals surface area contributed by atoms with Gasteiger partial charge in [-0.2, -0.15) is 0 Å². The van der Waals surface area contributed by atoms with E-state index in [4.69, 9.17) is 18.9 Å². The molecule has 0 aromatic carbocycles. The van der Waals surface area contributed by atoms with Gasteiger partial charge in [0.25, 0.3) is 0 Å². The molecule has 0 heterocycles. The van der Waals surface area contributed by atoms with Crippen molar-refractivity contribution in [2.45, 2.75) is 75.8 Å². The molecule has 0 bridgehead atoms. The fourth-order valence-electron chi connectivity index (χ4n) is 3.58. The van der Waals surface area contributed by atoms with Crippen LogP contribution in [0.5, 0.6) is 0 Å². The second kappa shape index (κ2) is 12.5. The van der Waals surface area contributed by atoms with Gasteiger partial charge in [-0.15, -0.1) is 13.2 Å². The average Bonchev–Trinajstić information content (AvgIpc) is 2.71. The number of rotatable bonds is 10. The van der Waals surface area contributed by atoms with Crippen molar-refractivity contribution in [3.05, 3.63) is 37.5 Å². The summed E-state index contributed by atoms with van der Waals surface area (Å²) in [5.41, 5.74) is 0. The summed E-state index contributed by atoms with van der Waals surface area (Å²) in [6.45, 7) is 8.36. The molecule has 28 heavy (non-hydrogen) atoms. The summed E-state index contributed by atoms with van der Waals surface area (Å²) in [6, 6.07) is 0. The van der Waals surface area contributed by atoms with E-state index in [2.05, 4.69) is 13.2 Å². The molecule has 0 unspecified atom stereocenters. The standard InChI is InChI=1S/C22H32O6/c1-3-15-25-17-5-9-19(10-6-17)27-21(23)13-14-22(24)28-20-11-7-18(8-12-20)26-16-4-2/h3-4,13-14,17-20H,1-2,5-12,15-16H2/b14-13+. The van der Waals surface area contributed by atoms with Gasteiger partial charge in [-0.05, 0) is 51.4 Å². The van der Waals surface area contributed by atoms with Crippen LogP contribution in [-0.4, -0.2) is 49.6 Å². The SMILES string of the molecule is C=CCOC1CCC(OC(=O)/C=C/C(=O)OC2CCC(OCC=C)CC2)CC1. The van der Waals surface area contributed by atoms with Crippen LogP contribution in [-0.2, 0) is 28.5 Å². The molecule has 2 fully saturated rings. The van der Waals surface area contributed by atoms with Crippen molar-refractivity contribution in [3.63, 3.8) is 0 Å². The Kier molecular flexibility index (Phi) is 10.0. The second-order valence-electron chi connectivity index (χ2n) is 7.25. The van der Waals surface area contributed by atoms with Gasteiger partial charge in [-0.1, -0.05) is 12.2 Å². The predicted octanol–water partition coefficient (Wildman–Crippen LogP) is 3.66. The topological polar surface area (TPSA) is 71.1 Å². The molecular formula is C22H32O6. The number of carbonyl (C=O) groups is 2. The lowest BCUT2D eigenvalue weighted by atomic mass is 9.95. The van der Waals surface area contributed by atoms with Crippen LogP contribution in [0.15, 0.2) is 37.5 Å². The highest BCUT2D eigenvalue weighted by atomic mass is 16.6. The molecule has 0 aromatic rings. The lowest BCUT2D eigenvalue weighted by molar-refractivity contribution is -0.148. The fourth-order valence-corrected chi connectivity index (χ4v) is 3.58. The predicted molar refractivity (Wildman–Crippen MR) is 106 cm³/mol. The summed E-state index contributed by atoms with van der Waals surface area (Å²) in [4.78, 5) is 23.8. The first kappa shape index (κ1) is 22.4. The van der Waals surface area contributed by atoms with E-state index in [1.807, 2.05) is 0 Å². The van der Waals surface area contributed by atoms with Gasteiger partial charge < -0.3 is 18.9 Å². The Morgan fingerprint density at radius 2 is 0.964 bits per heavy atom. The van der Waals surface area contributed by atoms with E-state index in [0.29, 0.717) is 13.2 Å². The van der Waals surface area contributed by atoms with Crippen molar-refractivity contribution in [2.24, 2.45) is 0 Å². The third-order valence-electron chi connectivity index (χ3n) is 5.06. The third kappa shape index (κ3) is 8.40.